The van der Waals surface area contributed by atoms with E-state index in [-0.39, 0.29) is 76.2 Å². The molecule has 3 saturated carbocycles. The molecule has 0 heterocycles. The summed E-state index contributed by atoms with van der Waals surface area (Å²) < 4.78 is 64.3. The summed E-state index contributed by atoms with van der Waals surface area (Å²) in [6, 6.07) is 3.11. The van der Waals surface area contributed by atoms with Crippen LogP contribution in [0.15, 0.2) is 18.2 Å². The third-order valence-electron chi connectivity index (χ3n) is 4.27. The van der Waals surface area contributed by atoms with Crippen LogP contribution in [-0.2, 0) is 5.41 Å². The summed E-state index contributed by atoms with van der Waals surface area (Å²) in [5, 5.41) is -1.54. The fourth-order valence-corrected chi connectivity index (χ4v) is 3.42. The molecular weight excluding hydrogens is 277 g/mol. The van der Waals surface area contributed by atoms with Crippen LogP contribution in [0.4, 0.5) is 21.7 Å². The molecule has 7 heteroatoms. The molecule has 1 aromatic carbocycles. The molecule has 0 radical (unpaired) electrons. The molecule has 0 nitrogen and oxygen atoms in total. The molecule has 0 amide bonds. The molecule has 92 valence electrons. The molecule has 0 N–H and O–H groups in total. The van der Waals surface area contributed by atoms with E-state index in [0.717, 1.165) is 12.1 Å². The Labute approximate surface area is 144 Å². The Morgan fingerprint density at radius 3 is 2.00 bits per heavy atom. The second-order valence-electron chi connectivity index (χ2n) is 5.37. The summed E-state index contributed by atoms with van der Waals surface area (Å²) in [6.45, 7) is -4.85. The first-order chi connectivity index (χ1) is 7.78. The van der Waals surface area contributed by atoms with Crippen LogP contribution in [0, 0.1) is 11.6 Å². The van der Waals surface area contributed by atoms with Crippen molar-refractivity contribution in [2.45, 2.75) is 30.0 Å². The summed E-state index contributed by atoms with van der Waals surface area (Å²) in [6.07, 6.45) is -0.107. The molecule has 3 aliphatic rings. The number of rotatable bonds is 2. The van der Waals surface area contributed by atoms with E-state index in [4.69, 9.17) is 0 Å². The second kappa shape index (κ2) is 4.28. The Hall–Kier alpha value is 0.571. The predicted molar refractivity (Wildman–Crippen MR) is 53.7 cm³/mol. The van der Waals surface area contributed by atoms with Gasteiger partial charge in [-0.1, -0.05) is 30.6 Å². The smallest absolute Gasteiger partial charge is 0.449 e. The molecule has 3 fully saturated rings. The maximum atomic E-state index is 13.5. The van der Waals surface area contributed by atoms with Gasteiger partial charge >= 0.3 is 58.4 Å². The monoisotopic (exact) mass is 286 g/mol. The van der Waals surface area contributed by atoms with Crippen molar-refractivity contribution < 1.29 is 73.1 Å². The Morgan fingerprint density at radius 2 is 1.56 bits per heavy atom. The topological polar surface area (TPSA) is 0 Å². The zero-order valence-electron chi connectivity index (χ0n) is 9.82. The molecule has 4 rings (SSSR count). The predicted octanol–water partition coefficient (Wildman–Crippen LogP) is 0.992. The molecular formula is C11H9BF5K. The Kier molecular flexibility index (Phi) is 3.56. The zero-order chi connectivity index (χ0) is 12.5. The largest absolute Gasteiger partial charge is 1.00 e. The minimum absolute atomic E-state index is 0. The first-order valence-electron chi connectivity index (χ1n) is 5.43. The number of hydrogen-bond acceptors (Lipinski definition) is 0. The van der Waals surface area contributed by atoms with Crippen LogP contribution in [-0.4, -0.2) is 6.98 Å². The average molecular weight is 286 g/mol. The maximum absolute atomic E-state index is 13.5. The van der Waals surface area contributed by atoms with Gasteiger partial charge in [0.15, 0.2) is 0 Å². The summed E-state index contributed by atoms with van der Waals surface area (Å²) in [4.78, 5) is 0. The van der Waals surface area contributed by atoms with E-state index in [1.54, 1.807) is 0 Å². The Morgan fingerprint density at radius 1 is 1.00 bits per heavy atom. The average Bonchev–Trinajstić information content (AvgIpc) is 2.01. The summed E-state index contributed by atoms with van der Waals surface area (Å²) in [5.41, 5.74) is -0.449. The van der Waals surface area contributed by atoms with E-state index >= 15 is 0 Å². The molecule has 3 aliphatic carbocycles. The van der Waals surface area contributed by atoms with E-state index in [2.05, 4.69) is 0 Å². The van der Waals surface area contributed by atoms with Gasteiger partial charge in [0.1, 0.15) is 11.6 Å². The van der Waals surface area contributed by atoms with Crippen LogP contribution in [0.1, 0.15) is 24.8 Å². The van der Waals surface area contributed by atoms with Crippen LogP contribution in [0.3, 0.4) is 0 Å². The van der Waals surface area contributed by atoms with Gasteiger partial charge in [-0.15, -0.1) is 0 Å². The van der Waals surface area contributed by atoms with Crippen molar-refractivity contribution in [2.24, 2.45) is 0 Å². The van der Waals surface area contributed by atoms with E-state index in [1.807, 2.05) is 0 Å². The fraction of sp³-hybridized carbons (Fsp3) is 0.455. The van der Waals surface area contributed by atoms with Gasteiger partial charge in [-0.25, -0.2) is 8.78 Å². The van der Waals surface area contributed by atoms with Crippen LogP contribution >= 0.6 is 0 Å². The Balaban J connectivity index is 0.00000120. The van der Waals surface area contributed by atoms with Gasteiger partial charge in [0.2, 0.25) is 0 Å². The molecule has 0 aliphatic heterocycles. The standard InChI is InChI=1S/C11H9BF5.K/c13-7-1-2-8(9(14)3-7)10-4-11(5-10,6-10)12(15,16)17;/h1-3H,4-6H2;/q-1;+1. The molecule has 0 saturated heterocycles. The van der Waals surface area contributed by atoms with Crippen LogP contribution in [0.25, 0.3) is 0 Å². The summed E-state index contributed by atoms with van der Waals surface area (Å²) >= 11 is 0. The zero-order valence-corrected chi connectivity index (χ0v) is 12.9. The van der Waals surface area contributed by atoms with Crippen LogP contribution in [0.2, 0.25) is 5.31 Å². The van der Waals surface area contributed by atoms with Crippen molar-refractivity contribution in [3.63, 3.8) is 0 Å². The number of benzene rings is 1. The summed E-state index contributed by atoms with van der Waals surface area (Å²) in [7, 11) is 0. The quantitative estimate of drug-likeness (QED) is 0.562. The van der Waals surface area contributed by atoms with E-state index in [1.165, 1.54) is 6.07 Å². The first-order valence-corrected chi connectivity index (χ1v) is 5.43. The van der Waals surface area contributed by atoms with Crippen molar-refractivity contribution in [1.82, 2.24) is 0 Å². The molecule has 1 aromatic rings. The van der Waals surface area contributed by atoms with Crippen LogP contribution in [0.5, 0.6) is 0 Å². The van der Waals surface area contributed by atoms with Crippen molar-refractivity contribution >= 4 is 6.98 Å². The third-order valence-corrected chi connectivity index (χ3v) is 4.27. The Bertz CT molecular complexity index is 479. The van der Waals surface area contributed by atoms with Crippen molar-refractivity contribution in [2.75, 3.05) is 0 Å². The van der Waals surface area contributed by atoms with Crippen molar-refractivity contribution in [1.29, 1.82) is 0 Å². The van der Waals surface area contributed by atoms with Gasteiger partial charge in [0, 0.05) is 6.07 Å². The molecule has 0 aromatic heterocycles. The minimum atomic E-state index is -4.85. The molecule has 0 spiro atoms. The van der Waals surface area contributed by atoms with Crippen LogP contribution < -0.4 is 51.4 Å². The van der Waals surface area contributed by atoms with Crippen molar-refractivity contribution in [3.05, 3.63) is 35.4 Å². The van der Waals surface area contributed by atoms with Gasteiger partial charge in [-0.05, 0) is 17.0 Å². The third kappa shape index (κ3) is 1.85. The fourth-order valence-electron chi connectivity index (χ4n) is 3.42. The second-order valence-corrected chi connectivity index (χ2v) is 5.37. The first kappa shape index (κ1) is 15.0. The van der Waals surface area contributed by atoms with Crippen molar-refractivity contribution in [3.8, 4) is 0 Å². The van der Waals surface area contributed by atoms with Gasteiger partial charge in [-0.2, -0.15) is 0 Å². The van der Waals surface area contributed by atoms with E-state index < -0.39 is 29.3 Å². The minimum Gasteiger partial charge on any atom is -0.449 e. The van der Waals surface area contributed by atoms with Gasteiger partial charge in [0.05, 0.1) is 0 Å². The van der Waals surface area contributed by atoms with Gasteiger partial charge < -0.3 is 12.9 Å². The van der Waals surface area contributed by atoms with Gasteiger partial charge in [0.25, 0.3) is 0 Å². The number of halogens is 5. The molecule has 0 unspecified atom stereocenters. The molecule has 2 bridgehead atoms. The maximum Gasteiger partial charge on any atom is 1.00 e. The van der Waals surface area contributed by atoms with E-state index in [0.29, 0.717) is 0 Å². The number of hydrogen-bond donors (Lipinski definition) is 0. The SMILES string of the molecule is Fc1ccc(C23CC([B-](F)(F)F)(C2)C3)c(F)c1.[K+]. The van der Waals surface area contributed by atoms with E-state index in [9.17, 15) is 21.7 Å². The normalized spacial score (nSPS) is 33.2. The van der Waals surface area contributed by atoms with Gasteiger partial charge in [-0.3, -0.25) is 0 Å². The molecule has 18 heavy (non-hydrogen) atoms. The molecule has 0 atom stereocenters. The summed E-state index contributed by atoms with van der Waals surface area (Å²) in [5.74, 6) is -1.43.